The molecule has 1 aliphatic carbocycles. The van der Waals surface area contributed by atoms with Gasteiger partial charge in [-0.15, -0.1) is 0 Å². The van der Waals surface area contributed by atoms with E-state index in [-0.39, 0.29) is 5.56 Å². The van der Waals surface area contributed by atoms with Gasteiger partial charge in [-0.25, -0.2) is 8.78 Å². The van der Waals surface area contributed by atoms with Crippen LogP contribution in [0.5, 0.6) is 0 Å². The van der Waals surface area contributed by atoms with E-state index in [1.807, 2.05) is 0 Å². The maximum absolute atomic E-state index is 13.9. The molecule has 0 amide bonds. The molecule has 0 bridgehead atoms. The average Bonchev–Trinajstić information content (AvgIpc) is 2.90. The monoisotopic (exact) mass is 315 g/mol. The molecule has 2 aliphatic rings. The molecule has 2 atom stereocenters. The summed E-state index contributed by atoms with van der Waals surface area (Å²) in [5, 5.41) is 0. The molecule has 0 aromatic heterocycles. The van der Waals surface area contributed by atoms with Gasteiger partial charge in [0.2, 0.25) is 0 Å². The first-order valence-electron chi connectivity index (χ1n) is 6.50. The van der Waals surface area contributed by atoms with Crippen molar-refractivity contribution in [2.24, 2.45) is 11.8 Å². The number of hydrogen-bond acceptors (Lipinski definition) is 1. The van der Waals surface area contributed by atoms with E-state index in [1.165, 1.54) is 31.4 Å². The van der Waals surface area contributed by atoms with Crippen LogP contribution in [0.4, 0.5) is 8.78 Å². The van der Waals surface area contributed by atoms with Crippen LogP contribution in [0.1, 0.15) is 24.8 Å². The van der Waals surface area contributed by atoms with E-state index in [0.29, 0.717) is 11.0 Å². The Balaban J connectivity index is 1.76. The minimum atomic E-state index is -0.452. The Labute approximate surface area is 114 Å². The third kappa shape index (κ3) is 2.21. The second-order valence-electron chi connectivity index (χ2n) is 5.47. The molecule has 1 heterocycles. The Morgan fingerprint density at radius 1 is 1.17 bits per heavy atom. The number of fused-ring (bicyclic) bond motifs is 1. The molecule has 1 aliphatic heterocycles. The number of rotatable bonds is 2. The van der Waals surface area contributed by atoms with Crippen LogP contribution in [-0.4, -0.2) is 18.0 Å². The van der Waals surface area contributed by atoms with Crippen molar-refractivity contribution in [3.8, 4) is 0 Å². The molecule has 1 saturated heterocycles. The summed E-state index contributed by atoms with van der Waals surface area (Å²) in [6.07, 6.45) is 3.89. The first kappa shape index (κ1) is 12.5. The van der Waals surface area contributed by atoms with Gasteiger partial charge in [0.15, 0.2) is 0 Å². The molecular weight excluding hydrogens is 300 g/mol. The van der Waals surface area contributed by atoms with Crippen molar-refractivity contribution >= 4 is 15.9 Å². The highest BCUT2D eigenvalue weighted by Crippen LogP contribution is 2.38. The number of nitrogens with zero attached hydrogens (tertiary/aromatic N) is 1. The maximum atomic E-state index is 13.9. The lowest BCUT2D eigenvalue weighted by atomic mass is 10.0. The van der Waals surface area contributed by atoms with Crippen LogP contribution >= 0.6 is 15.9 Å². The lowest BCUT2D eigenvalue weighted by Gasteiger charge is -2.18. The Bertz CT molecular complexity index is 451. The van der Waals surface area contributed by atoms with Crippen LogP contribution in [0.25, 0.3) is 0 Å². The smallest absolute Gasteiger partial charge is 0.144 e. The lowest BCUT2D eigenvalue weighted by Crippen LogP contribution is -2.22. The summed E-state index contributed by atoms with van der Waals surface area (Å²) >= 11 is 3.12. The maximum Gasteiger partial charge on any atom is 0.144 e. The second-order valence-corrected chi connectivity index (χ2v) is 6.32. The second kappa shape index (κ2) is 4.89. The highest BCUT2D eigenvalue weighted by atomic mass is 79.9. The molecule has 2 unspecified atom stereocenters. The summed E-state index contributed by atoms with van der Waals surface area (Å²) in [5.41, 5.74) is 0.198. The molecule has 4 heteroatoms. The fourth-order valence-electron chi connectivity index (χ4n) is 3.40. The third-order valence-electron chi connectivity index (χ3n) is 4.32. The van der Waals surface area contributed by atoms with Gasteiger partial charge in [-0.3, -0.25) is 4.90 Å². The molecule has 1 saturated carbocycles. The minimum Gasteiger partial charge on any atom is -0.298 e. The number of hydrogen-bond donors (Lipinski definition) is 0. The summed E-state index contributed by atoms with van der Waals surface area (Å²) in [6.45, 7) is 2.39. The fraction of sp³-hybridized carbons (Fsp3) is 0.571. The first-order valence-corrected chi connectivity index (χ1v) is 7.29. The highest BCUT2D eigenvalue weighted by Gasteiger charge is 2.36. The van der Waals surface area contributed by atoms with Gasteiger partial charge >= 0.3 is 0 Å². The van der Waals surface area contributed by atoms with Crippen LogP contribution in [0.2, 0.25) is 0 Å². The zero-order valence-corrected chi connectivity index (χ0v) is 11.7. The standard InChI is InChI=1S/C14H16BrF2N/c15-12-4-5-13(16)11(14(12)17)8-18-6-9-2-1-3-10(9)7-18/h4-5,9-10H,1-3,6-8H2. The van der Waals surface area contributed by atoms with Gasteiger partial charge in [-0.1, -0.05) is 6.42 Å². The molecule has 1 aromatic carbocycles. The SMILES string of the molecule is Fc1ccc(Br)c(F)c1CN1CC2CCCC2C1. The van der Waals surface area contributed by atoms with E-state index in [1.54, 1.807) is 0 Å². The molecule has 98 valence electrons. The van der Waals surface area contributed by atoms with Crippen LogP contribution in [0, 0.1) is 23.5 Å². The normalized spacial score (nSPS) is 27.7. The number of likely N-dealkylation sites (tertiary alicyclic amines) is 1. The van der Waals surface area contributed by atoms with Crippen LogP contribution in [0.15, 0.2) is 16.6 Å². The van der Waals surface area contributed by atoms with Gasteiger partial charge in [0.05, 0.1) is 4.47 Å². The van der Waals surface area contributed by atoms with Gasteiger partial charge < -0.3 is 0 Å². The fourth-order valence-corrected chi connectivity index (χ4v) is 3.77. The molecule has 0 N–H and O–H groups in total. The quantitative estimate of drug-likeness (QED) is 0.747. The molecule has 0 radical (unpaired) electrons. The van der Waals surface area contributed by atoms with E-state index < -0.39 is 11.6 Å². The summed E-state index contributed by atoms with van der Waals surface area (Å²) < 4.78 is 27.9. The van der Waals surface area contributed by atoms with E-state index in [9.17, 15) is 8.78 Å². The lowest BCUT2D eigenvalue weighted by molar-refractivity contribution is 0.293. The Hall–Kier alpha value is -0.480. The largest absolute Gasteiger partial charge is 0.298 e. The van der Waals surface area contributed by atoms with Crippen LogP contribution in [0.3, 0.4) is 0 Å². The molecule has 18 heavy (non-hydrogen) atoms. The summed E-state index contributed by atoms with van der Waals surface area (Å²) in [4.78, 5) is 2.20. The van der Waals surface area contributed by atoms with Crippen molar-refractivity contribution in [1.29, 1.82) is 0 Å². The van der Waals surface area contributed by atoms with Crippen molar-refractivity contribution in [1.82, 2.24) is 4.90 Å². The van der Waals surface area contributed by atoms with Crippen molar-refractivity contribution in [3.05, 3.63) is 33.8 Å². The van der Waals surface area contributed by atoms with Crippen molar-refractivity contribution in [2.45, 2.75) is 25.8 Å². The molecule has 0 spiro atoms. The summed E-state index contributed by atoms with van der Waals surface area (Å²) in [5.74, 6) is 0.617. The predicted octanol–water partition coefficient (Wildman–Crippen LogP) is 3.96. The van der Waals surface area contributed by atoms with Gasteiger partial charge in [-0.05, 0) is 52.7 Å². The van der Waals surface area contributed by atoms with Crippen molar-refractivity contribution in [3.63, 3.8) is 0 Å². The van der Waals surface area contributed by atoms with E-state index in [0.717, 1.165) is 24.9 Å². The van der Waals surface area contributed by atoms with E-state index >= 15 is 0 Å². The predicted molar refractivity (Wildman–Crippen MR) is 70.2 cm³/mol. The van der Waals surface area contributed by atoms with Crippen molar-refractivity contribution in [2.75, 3.05) is 13.1 Å². The minimum absolute atomic E-state index is 0.198. The van der Waals surface area contributed by atoms with Gasteiger partial charge in [0, 0.05) is 25.2 Å². The highest BCUT2D eigenvalue weighted by molar-refractivity contribution is 9.10. The first-order chi connectivity index (χ1) is 8.65. The molecule has 1 aromatic rings. The van der Waals surface area contributed by atoms with Crippen LogP contribution in [-0.2, 0) is 6.54 Å². The molecular formula is C14H16BrF2N. The van der Waals surface area contributed by atoms with Crippen LogP contribution < -0.4 is 0 Å². The Morgan fingerprint density at radius 3 is 2.50 bits per heavy atom. The topological polar surface area (TPSA) is 3.24 Å². The Kier molecular flexibility index (Phi) is 3.41. The molecule has 3 rings (SSSR count). The number of halogens is 3. The Morgan fingerprint density at radius 2 is 1.83 bits per heavy atom. The van der Waals surface area contributed by atoms with E-state index in [4.69, 9.17) is 0 Å². The van der Waals surface area contributed by atoms with E-state index in [2.05, 4.69) is 20.8 Å². The summed E-state index contributed by atoms with van der Waals surface area (Å²) in [6, 6.07) is 2.76. The molecule has 1 nitrogen and oxygen atoms in total. The third-order valence-corrected chi connectivity index (χ3v) is 4.93. The van der Waals surface area contributed by atoms with Gasteiger partial charge in [-0.2, -0.15) is 0 Å². The summed E-state index contributed by atoms with van der Waals surface area (Å²) in [7, 11) is 0. The van der Waals surface area contributed by atoms with Gasteiger partial charge in [0.25, 0.3) is 0 Å². The van der Waals surface area contributed by atoms with Crippen molar-refractivity contribution < 1.29 is 8.78 Å². The number of benzene rings is 1. The zero-order chi connectivity index (χ0) is 12.7. The molecule has 2 fully saturated rings. The average molecular weight is 316 g/mol. The zero-order valence-electron chi connectivity index (χ0n) is 10.1. The van der Waals surface area contributed by atoms with Gasteiger partial charge in [0.1, 0.15) is 11.6 Å².